The number of hydrogen-bond donors (Lipinski definition) is 0. The lowest BCUT2D eigenvalue weighted by Gasteiger charge is -2.33. The van der Waals surface area contributed by atoms with Crippen LogP contribution in [0.1, 0.15) is 41.6 Å². The minimum absolute atomic E-state index is 0.161. The number of ether oxygens (including phenoxy) is 1. The van der Waals surface area contributed by atoms with E-state index in [1.165, 1.54) is 23.5 Å². The first-order chi connectivity index (χ1) is 12.5. The summed E-state index contributed by atoms with van der Waals surface area (Å²) >= 11 is 1.18. The molecule has 0 N–H and O–H groups in total. The van der Waals surface area contributed by atoms with Crippen LogP contribution in [0.3, 0.4) is 0 Å². The lowest BCUT2D eigenvalue weighted by molar-refractivity contribution is -0.137. The van der Waals surface area contributed by atoms with Gasteiger partial charge < -0.3 is 9.64 Å². The van der Waals surface area contributed by atoms with E-state index in [-0.39, 0.29) is 24.4 Å². The molecule has 1 amide bonds. The molecule has 7 heteroatoms. The fourth-order valence-corrected chi connectivity index (χ4v) is 4.01. The number of nitrogens with zero attached hydrogens (tertiary/aromatic N) is 2. The maximum absolute atomic E-state index is 13.0. The maximum atomic E-state index is 13.0. The molecule has 1 aliphatic heterocycles. The predicted octanol–water partition coefficient (Wildman–Crippen LogP) is 3.82. The monoisotopic (exact) mass is 376 g/mol. The number of carbonyl (C=O) groups excluding carboxylic acids is 2. The third-order valence-electron chi connectivity index (χ3n) is 4.52. The highest BCUT2D eigenvalue weighted by Crippen LogP contribution is 2.28. The molecule has 1 aliphatic rings. The van der Waals surface area contributed by atoms with Crippen LogP contribution in [0.15, 0.2) is 24.3 Å². The van der Waals surface area contributed by atoms with Gasteiger partial charge in [0.2, 0.25) is 0 Å². The third-order valence-corrected chi connectivity index (χ3v) is 5.71. The second-order valence-electron chi connectivity index (χ2n) is 6.45. The van der Waals surface area contributed by atoms with E-state index in [4.69, 9.17) is 4.74 Å². The van der Waals surface area contributed by atoms with E-state index >= 15 is 0 Å². The number of esters is 1. The number of aryl methyl sites for hydroxylation is 1. The van der Waals surface area contributed by atoms with Crippen molar-refractivity contribution >= 4 is 23.2 Å². The summed E-state index contributed by atoms with van der Waals surface area (Å²) in [6, 6.07) is 6.11. The zero-order valence-corrected chi connectivity index (χ0v) is 15.6. The molecule has 2 heterocycles. The molecule has 0 aliphatic carbocycles. The zero-order chi connectivity index (χ0) is 18.7. The van der Waals surface area contributed by atoms with Gasteiger partial charge in [0.1, 0.15) is 15.7 Å². The number of piperidine rings is 1. The maximum Gasteiger partial charge on any atom is 0.350 e. The molecule has 0 saturated carbocycles. The van der Waals surface area contributed by atoms with Crippen LogP contribution in [0.4, 0.5) is 4.39 Å². The largest absolute Gasteiger partial charge is 0.451 e. The van der Waals surface area contributed by atoms with Gasteiger partial charge in [-0.25, -0.2) is 14.2 Å². The van der Waals surface area contributed by atoms with E-state index in [0.29, 0.717) is 22.1 Å². The molecule has 2 aromatic rings. The third kappa shape index (κ3) is 4.09. The van der Waals surface area contributed by atoms with Crippen molar-refractivity contribution < 1.29 is 18.7 Å². The fourth-order valence-electron chi connectivity index (χ4n) is 3.05. The molecule has 1 aromatic heterocycles. The average molecular weight is 376 g/mol. The second kappa shape index (κ2) is 7.95. The summed E-state index contributed by atoms with van der Waals surface area (Å²) in [5.41, 5.74) is 1.27. The number of amides is 1. The SMILES string of the molecule is Cc1nc(-c2ccc(F)cc2)sc1C(=O)OCC(=O)N1CCCC[C@H]1C. The van der Waals surface area contributed by atoms with Crippen molar-refractivity contribution in [1.82, 2.24) is 9.88 Å². The van der Waals surface area contributed by atoms with Gasteiger partial charge in [-0.2, -0.15) is 0 Å². The molecule has 138 valence electrons. The Hall–Kier alpha value is -2.28. The fraction of sp³-hybridized carbons (Fsp3) is 0.421. The van der Waals surface area contributed by atoms with Crippen LogP contribution >= 0.6 is 11.3 Å². The smallest absolute Gasteiger partial charge is 0.350 e. The molecule has 1 atom stereocenters. The molecule has 0 unspecified atom stereocenters. The molecule has 0 radical (unpaired) electrons. The Morgan fingerprint density at radius 2 is 2.04 bits per heavy atom. The van der Waals surface area contributed by atoms with Gasteiger partial charge in [-0.3, -0.25) is 4.79 Å². The standard InChI is InChI=1S/C19H21FN2O3S/c1-12-5-3-4-10-22(12)16(23)11-25-19(24)17-13(2)21-18(26-17)14-6-8-15(20)9-7-14/h6-9,12H,3-5,10-11H2,1-2H3/t12-/m1/s1. The van der Waals surface area contributed by atoms with Crippen molar-refractivity contribution in [3.8, 4) is 10.6 Å². The summed E-state index contributed by atoms with van der Waals surface area (Å²) in [6.07, 6.45) is 3.09. The van der Waals surface area contributed by atoms with Crippen LogP contribution in [0.25, 0.3) is 10.6 Å². The number of rotatable bonds is 4. The number of hydrogen-bond acceptors (Lipinski definition) is 5. The van der Waals surface area contributed by atoms with E-state index in [2.05, 4.69) is 4.98 Å². The summed E-state index contributed by atoms with van der Waals surface area (Å²) in [5.74, 6) is -1.04. The minimum atomic E-state index is -0.550. The van der Waals surface area contributed by atoms with Gasteiger partial charge in [-0.1, -0.05) is 0 Å². The Balaban J connectivity index is 1.64. The van der Waals surface area contributed by atoms with Crippen molar-refractivity contribution in [3.05, 3.63) is 40.7 Å². The summed E-state index contributed by atoms with van der Waals surface area (Å²) in [7, 11) is 0. The molecule has 1 fully saturated rings. The highest BCUT2D eigenvalue weighted by Gasteiger charge is 2.25. The molecule has 1 saturated heterocycles. The zero-order valence-electron chi connectivity index (χ0n) is 14.8. The second-order valence-corrected chi connectivity index (χ2v) is 7.45. The molecule has 5 nitrogen and oxygen atoms in total. The summed E-state index contributed by atoms with van der Waals surface area (Å²) in [6.45, 7) is 4.19. The Morgan fingerprint density at radius 3 is 2.73 bits per heavy atom. The Labute approximate surface area is 155 Å². The number of carbonyl (C=O) groups is 2. The number of benzene rings is 1. The van der Waals surface area contributed by atoms with Crippen LogP contribution in [0.2, 0.25) is 0 Å². The van der Waals surface area contributed by atoms with Crippen LogP contribution in [0.5, 0.6) is 0 Å². The van der Waals surface area contributed by atoms with Gasteiger partial charge in [0, 0.05) is 18.2 Å². The quantitative estimate of drug-likeness (QED) is 0.761. The first-order valence-corrected chi connectivity index (χ1v) is 9.47. The van der Waals surface area contributed by atoms with Gasteiger partial charge >= 0.3 is 5.97 Å². The molecule has 26 heavy (non-hydrogen) atoms. The minimum Gasteiger partial charge on any atom is -0.451 e. The molecule has 0 bridgehead atoms. The lowest BCUT2D eigenvalue weighted by atomic mass is 10.0. The molecule has 3 rings (SSSR count). The van der Waals surface area contributed by atoms with E-state index in [0.717, 1.165) is 24.8 Å². The van der Waals surface area contributed by atoms with Crippen molar-refractivity contribution in [2.75, 3.05) is 13.2 Å². The Bertz CT molecular complexity index is 804. The number of halogens is 1. The van der Waals surface area contributed by atoms with Crippen molar-refractivity contribution in [1.29, 1.82) is 0 Å². The van der Waals surface area contributed by atoms with Crippen LogP contribution in [-0.4, -0.2) is 41.0 Å². The predicted molar refractivity (Wildman–Crippen MR) is 97.6 cm³/mol. The van der Waals surface area contributed by atoms with Gasteiger partial charge in [0.05, 0.1) is 5.69 Å². The molecular weight excluding hydrogens is 355 g/mol. The molecule has 1 aromatic carbocycles. The van der Waals surface area contributed by atoms with E-state index in [1.807, 2.05) is 6.92 Å². The van der Waals surface area contributed by atoms with Gasteiger partial charge in [-0.05, 0) is 57.4 Å². The number of likely N-dealkylation sites (tertiary alicyclic amines) is 1. The van der Waals surface area contributed by atoms with Gasteiger partial charge in [0.15, 0.2) is 6.61 Å². The lowest BCUT2D eigenvalue weighted by Crippen LogP contribution is -2.44. The normalized spacial score (nSPS) is 17.2. The number of thiazole rings is 1. The van der Waals surface area contributed by atoms with E-state index in [9.17, 15) is 14.0 Å². The number of aromatic nitrogens is 1. The van der Waals surface area contributed by atoms with Crippen LogP contribution in [-0.2, 0) is 9.53 Å². The highest BCUT2D eigenvalue weighted by atomic mass is 32.1. The molecule has 0 spiro atoms. The van der Waals surface area contributed by atoms with E-state index < -0.39 is 5.97 Å². The Kier molecular flexibility index (Phi) is 5.66. The van der Waals surface area contributed by atoms with E-state index in [1.54, 1.807) is 24.0 Å². The van der Waals surface area contributed by atoms with Gasteiger partial charge in [-0.15, -0.1) is 11.3 Å². The first-order valence-electron chi connectivity index (χ1n) is 8.65. The highest BCUT2D eigenvalue weighted by molar-refractivity contribution is 7.17. The molecular formula is C19H21FN2O3S. The summed E-state index contributed by atoms with van der Waals surface area (Å²) in [4.78, 5) is 31.1. The first kappa shape index (κ1) is 18.5. The van der Waals surface area contributed by atoms with Crippen LogP contribution < -0.4 is 0 Å². The van der Waals surface area contributed by atoms with Crippen LogP contribution in [0, 0.1) is 12.7 Å². The van der Waals surface area contributed by atoms with Gasteiger partial charge in [0.25, 0.3) is 5.91 Å². The summed E-state index contributed by atoms with van der Waals surface area (Å²) in [5, 5.41) is 0.616. The van der Waals surface area contributed by atoms with Crippen molar-refractivity contribution in [2.45, 2.75) is 39.2 Å². The average Bonchev–Trinajstić information content (AvgIpc) is 3.02. The topological polar surface area (TPSA) is 59.5 Å². The summed E-state index contributed by atoms with van der Waals surface area (Å²) < 4.78 is 18.3. The van der Waals surface area contributed by atoms with Crippen molar-refractivity contribution in [3.63, 3.8) is 0 Å². The van der Waals surface area contributed by atoms with Crippen molar-refractivity contribution in [2.24, 2.45) is 0 Å². The Morgan fingerprint density at radius 1 is 1.31 bits per heavy atom.